The first-order valence-electron chi connectivity index (χ1n) is 3.37. The third-order valence-electron chi connectivity index (χ3n) is 0.847. The monoisotopic (exact) mass is 151 g/mol. The quantitative estimate of drug-likeness (QED) is 0.574. The van der Waals surface area contributed by atoms with Crippen LogP contribution in [0.25, 0.3) is 0 Å². The lowest BCUT2D eigenvalue weighted by Gasteiger charge is -1.92. The maximum atomic E-state index is 4.80. The van der Waals surface area contributed by atoms with Crippen molar-refractivity contribution in [3.8, 4) is 5.88 Å². The van der Waals surface area contributed by atoms with Crippen LogP contribution in [0.4, 0.5) is 0 Å². The van der Waals surface area contributed by atoms with Crippen molar-refractivity contribution < 1.29 is 4.74 Å². The number of hydrogen-bond acceptors (Lipinski definition) is 2. The van der Waals surface area contributed by atoms with Gasteiger partial charge in [0.25, 0.3) is 0 Å². The van der Waals surface area contributed by atoms with E-state index in [4.69, 9.17) is 4.74 Å². The van der Waals surface area contributed by atoms with E-state index < -0.39 is 0 Å². The Morgan fingerprint density at radius 3 is 2.45 bits per heavy atom. The molecule has 0 saturated heterocycles. The van der Waals surface area contributed by atoms with Gasteiger partial charge in [-0.3, -0.25) is 0 Å². The summed E-state index contributed by atoms with van der Waals surface area (Å²) in [5, 5.41) is 0. The molecule has 0 aliphatic heterocycles. The predicted octanol–water partition coefficient (Wildman–Crippen LogP) is 2.28. The maximum Gasteiger partial charge on any atom is 0.212 e. The Hall–Kier alpha value is -1.31. The van der Waals surface area contributed by atoms with Crippen LogP contribution in [0.15, 0.2) is 37.1 Å². The van der Waals surface area contributed by atoms with Gasteiger partial charge in [0.15, 0.2) is 0 Å². The van der Waals surface area contributed by atoms with Crippen LogP contribution in [-0.2, 0) is 0 Å². The molecular weight excluding hydrogens is 138 g/mol. The fourth-order valence-corrected chi connectivity index (χ4v) is 0.468. The molecule has 1 heterocycles. The van der Waals surface area contributed by atoms with Gasteiger partial charge in [0.2, 0.25) is 5.88 Å². The minimum Gasteiger partial charge on any atom is -0.481 e. The van der Waals surface area contributed by atoms with Crippen molar-refractivity contribution in [3.05, 3.63) is 37.1 Å². The van der Waals surface area contributed by atoms with Gasteiger partial charge in [-0.1, -0.05) is 12.1 Å². The minimum absolute atomic E-state index is 0.660. The first-order chi connectivity index (χ1) is 5.35. The molecule has 0 atom stereocenters. The van der Waals surface area contributed by atoms with E-state index >= 15 is 0 Å². The summed E-state index contributed by atoms with van der Waals surface area (Å²) in [7, 11) is 1.60. The van der Waals surface area contributed by atoms with Crippen molar-refractivity contribution in [2.45, 2.75) is 6.92 Å². The van der Waals surface area contributed by atoms with Crippen molar-refractivity contribution in [2.24, 2.45) is 0 Å². The van der Waals surface area contributed by atoms with E-state index in [0.29, 0.717) is 5.88 Å². The zero-order valence-corrected chi connectivity index (χ0v) is 6.95. The molecule has 0 radical (unpaired) electrons. The molecule has 0 spiro atoms. The normalized spacial score (nSPS) is 7.45. The van der Waals surface area contributed by atoms with Crippen LogP contribution in [-0.4, -0.2) is 12.1 Å². The Balaban J connectivity index is 0.000000292. The number of hydrogen-bond donors (Lipinski definition) is 0. The van der Waals surface area contributed by atoms with E-state index in [1.807, 2.05) is 19.1 Å². The molecule has 0 N–H and O–H groups in total. The van der Waals surface area contributed by atoms with E-state index in [9.17, 15) is 0 Å². The van der Waals surface area contributed by atoms with Gasteiger partial charge >= 0.3 is 0 Å². The zero-order chi connectivity index (χ0) is 8.53. The van der Waals surface area contributed by atoms with Gasteiger partial charge in [0, 0.05) is 12.3 Å². The van der Waals surface area contributed by atoms with Gasteiger partial charge in [-0.15, -0.1) is 6.58 Å². The molecular formula is C9H13NO. The lowest BCUT2D eigenvalue weighted by molar-refractivity contribution is 0.398. The van der Waals surface area contributed by atoms with Gasteiger partial charge in [0.05, 0.1) is 7.11 Å². The van der Waals surface area contributed by atoms with Gasteiger partial charge in [0.1, 0.15) is 0 Å². The zero-order valence-electron chi connectivity index (χ0n) is 6.95. The molecule has 0 unspecified atom stereocenters. The molecule has 0 fully saturated rings. The summed E-state index contributed by atoms with van der Waals surface area (Å²) in [6.45, 7) is 5.25. The van der Waals surface area contributed by atoms with E-state index in [0.717, 1.165) is 0 Å². The topological polar surface area (TPSA) is 22.1 Å². The smallest absolute Gasteiger partial charge is 0.212 e. The third-order valence-corrected chi connectivity index (χ3v) is 0.847. The Morgan fingerprint density at radius 2 is 2.18 bits per heavy atom. The van der Waals surface area contributed by atoms with Crippen LogP contribution in [0, 0.1) is 0 Å². The van der Waals surface area contributed by atoms with E-state index in [-0.39, 0.29) is 0 Å². The Morgan fingerprint density at radius 1 is 1.55 bits per heavy atom. The molecule has 0 aromatic carbocycles. The van der Waals surface area contributed by atoms with Crippen LogP contribution in [0.3, 0.4) is 0 Å². The second-order valence-corrected chi connectivity index (χ2v) is 1.78. The highest BCUT2D eigenvalue weighted by molar-refractivity contribution is 5.08. The average molecular weight is 151 g/mol. The Bertz CT molecular complexity index is 184. The Kier molecular flexibility index (Phi) is 5.99. The van der Waals surface area contributed by atoms with Crippen LogP contribution >= 0.6 is 0 Å². The summed E-state index contributed by atoms with van der Waals surface area (Å²) in [6.07, 6.45) is 3.44. The van der Waals surface area contributed by atoms with Crippen LogP contribution in [0.2, 0.25) is 0 Å². The van der Waals surface area contributed by atoms with Crippen molar-refractivity contribution >= 4 is 0 Å². The maximum absolute atomic E-state index is 4.80. The van der Waals surface area contributed by atoms with Crippen molar-refractivity contribution in [1.29, 1.82) is 0 Å². The number of nitrogens with zero attached hydrogens (tertiary/aromatic N) is 1. The number of methoxy groups -OCH3 is 1. The fraction of sp³-hybridized carbons (Fsp3) is 0.222. The lowest BCUT2D eigenvalue weighted by atomic mass is 10.5. The van der Waals surface area contributed by atoms with Crippen LogP contribution in [0.1, 0.15) is 6.92 Å². The number of pyridine rings is 1. The Labute approximate surface area is 67.5 Å². The molecule has 0 bridgehead atoms. The van der Waals surface area contributed by atoms with E-state index in [2.05, 4.69) is 11.6 Å². The van der Waals surface area contributed by atoms with E-state index in [1.54, 1.807) is 25.4 Å². The molecule has 0 aliphatic rings. The van der Waals surface area contributed by atoms with Crippen molar-refractivity contribution in [2.75, 3.05) is 7.11 Å². The average Bonchev–Trinajstić information content (AvgIpc) is 2.08. The summed E-state index contributed by atoms with van der Waals surface area (Å²) in [5.74, 6) is 0.660. The molecule has 2 nitrogen and oxygen atoms in total. The molecule has 0 saturated carbocycles. The summed E-state index contributed by atoms with van der Waals surface area (Å²) < 4.78 is 4.80. The predicted molar refractivity (Wildman–Crippen MR) is 46.7 cm³/mol. The molecule has 1 rings (SSSR count). The first-order valence-corrected chi connectivity index (χ1v) is 3.37. The summed E-state index contributed by atoms with van der Waals surface area (Å²) in [4.78, 5) is 3.88. The number of ether oxygens (including phenoxy) is 1. The highest BCUT2D eigenvalue weighted by Gasteiger charge is 1.82. The van der Waals surface area contributed by atoms with Gasteiger partial charge in [-0.05, 0) is 13.0 Å². The molecule has 60 valence electrons. The second-order valence-electron chi connectivity index (χ2n) is 1.78. The number of aromatic nitrogens is 1. The lowest BCUT2D eigenvalue weighted by Crippen LogP contribution is -1.83. The van der Waals surface area contributed by atoms with Gasteiger partial charge in [-0.25, -0.2) is 4.98 Å². The highest BCUT2D eigenvalue weighted by Crippen LogP contribution is 1.99. The van der Waals surface area contributed by atoms with E-state index in [1.165, 1.54) is 0 Å². The van der Waals surface area contributed by atoms with Crippen LogP contribution in [0.5, 0.6) is 5.88 Å². The first kappa shape index (κ1) is 9.69. The summed E-state index contributed by atoms with van der Waals surface area (Å²) >= 11 is 0. The number of allylic oxidation sites excluding steroid dienone is 1. The third kappa shape index (κ3) is 5.15. The molecule has 1 aromatic heterocycles. The fourth-order valence-electron chi connectivity index (χ4n) is 0.468. The van der Waals surface area contributed by atoms with Crippen LogP contribution < -0.4 is 4.74 Å². The highest BCUT2D eigenvalue weighted by atomic mass is 16.5. The van der Waals surface area contributed by atoms with Crippen molar-refractivity contribution in [3.63, 3.8) is 0 Å². The molecule has 1 aromatic rings. The van der Waals surface area contributed by atoms with Gasteiger partial charge < -0.3 is 4.74 Å². The second kappa shape index (κ2) is 6.81. The summed E-state index contributed by atoms with van der Waals surface area (Å²) in [5.41, 5.74) is 0. The SMILES string of the molecule is C=CC.COc1ccccn1. The number of rotatable bonds is 1. The van der Waals surface area contributed by atoms with Crippen molar-refractivity contribution in [1.82, 2.24) is 4.98 Å². The largest absolute Gasteiger partial charge is 0.481 e. The molecule has 0 amide bonds. The summed E-state index contributed by atoms with van der Waals surface area (Å²) in [6, 6.07) is 5.54. The molecule has 11 heavy (non-hydrogen) atoms. The minimum atomic E-state index is 0.660. The standard InChI is InChI=1S/C6H7NO.C3H6/c1-8-6-4-2-3-5-7-6;1-3-2/h2-5H,1H3;3H,1H2,2H3. The molecule has 0 aliphatic carbocycles. The van der Waals surface area contributed by atoms with Gasteiger partial charge in [-0.2, -0.15) is 0 Å². The molecule has 2 heteroatoms.